The molecule has 0 radical (unpaired) electrons. The van der Waals surface area contributed by atoms with Gasteiger partial charge in [0.2, 0.25) is 0 Å². The molecule has 0 spiro atoms. The van der Waals surface area contributed by atoms with Crippen LogP contribution in [0.3, 0.4) is 0 Å². The van der Waals surface area contributed by atoms with Gasteiger partial charge in [-0.2, -0.15) is 0 Å². The Balaban J connectivity index is 2.04. The Morgan fingerprint density at radius 1 is 1.27 bits per heavy atom. The number of carbonyl (C=O) groups is 1. The van der Waals surface area contributed by atoms with E-state index in [0.29, 0.717) is 6.04 Å². The summed E-state index contributed by atoms with van der Waals surface area (Å²) in [5.74, 6) is 0.0443. The predicted molar refractivity (Wildman–Crippen MR) is 61.3 cm³/mol. The quantitative estimate of drug-likeness (QED) is 0.812. The van der Waals surface area contributed by atoms with Crippen LogP contribution in [0.5, 0.6) is 0 Å². The minimum Gasteiger partial charge on any atom is -0.378 e. The molecule has 1 saturated carbocycles. The minimum atomic E-state index is 0.0443. The molecular weight excluding hydrogens is 188 g/mol. The smallest absolute Gasteiger partial charge is 0.251 e. The van der Waals surface area contributed by atoms with Crippen LogP contribution in [-0.4, -0.2) is 26.0 Å². The second-order valence-electron chi connectivity index (χ2n) is 4.19. The van der Waals surface area contributed by atoms with Crippen LogP contribution in [0.15, 0.2) is 24.3 Å². The van der Waals surface area contributed by atoms with Gasteiger partial charge in [-0.3, -0.25) is 4.79 Å². The number of nitrogens with zero attached hydrogens (tertiary/aromatic N) is 1. The predicted octanol–water partition coefficient (Wildman–Crippen LogP) is 1.64. The van der Waals surface area contributed by atoms with Gasteiger partial charge in [-0.25, -0.2) is 0 Å². The van der Waals surface area contributed by atoms with E-state index in [2.05, 4.69) is 5.32 Å². The maximum atomic E-state index is 11.7. The second kappa shape index (κ2) is 3.93. The molecule has 0 aliphatic heterocycles. The first kappa shape index (κ1) is 10.0. The Bertz CT molecular complexity index is 352. The zero-order chi connectivity index (χ0) is 10.8. The van der Waals surface area contributed by atoms with E-state index in [4.69, 9.17) is 0 Å². The standard InChI is InChI=1S/C12H16N2O/c1-14(2)11-7-3-9(4-8-11)12(15)13-10-5-6-10/h3-4,7-8,10H,5-6H2,1-2H3,(H,13,15). The fourth-order valence-corrected chi connectivity index (χ4v) is 1.41. The van der Waals surface area contributed by atoms with E-state index >= 15 is 0 Å². The van der Waals surface area contributed by atoms with Crippen LogP contribution < -0.4 is 10.2 Å². The number of nitrogens with one attached hydrogen (secondary N) is 1. The molecule has 80 valence electrons. The van der Waals surface area contributed by atoms with Crippen molar-refractivity contribution in [2.24, 2.45) is 0 Å². The van der Waals surface area contributed by atoms with Crippen molar-refractivity contribution >= 4 is 11.6 Å². The van der Waals surface area contributed by atoms with Crippen LogP contribution in [0.1, 0.15) is 23.2 Å². The summed E-state index contributed by atoms with van der Waals surface area (Å²) >= 11 is 0. The summed E-state index contributed by atoms with van der Waals surface area (Å²) in [6.45, 7) is 0. The van der Waals surface area contributed by atoms with Gasteiger partial charge in [-0.1, -0.05) is 0 Å². The zero-order valence-corrected chi connectivity index (χ0v) is 9.16. The molecule has 15 heavy (non-hydrogen) atoms. The van der Waals surface area contributed by atoms with E-state index in [1.807, 2.05) is 43.3 Å². The molecule has 0 unspecified atom stereocenters. The second-order valence-corrected chi connectivity index (χ2v) is 4.19. The van der Waals surface area contributed by atoms with Crippen molar-refractivity contribution in [3.63, 3.8) is 0 Å². The summed E-state index contributed by atoms with van der Waals surface area (Å²) in [4.78, 5) is 13.7. The van der Waals surface area contributed by atoms with Gasteiger partial charge in [-0.15, -0.1) is 0 Å². The maximum Gasteiger partial charge on any atom is 0.251 e. The molecule has 1 aromatic rings. The molecule has 1 N–H and O–H groups in total. The van der Waals surface area contributed by atoms with Crippen LogP contribution in [-0.2, 0) is 0 Å². The zero-order valence-electron chi connectivity index (χ0n) is 9.16. The first-order valence-corrected chi connectivity index (χ1v) is 5.25. The van der Waals surface area contributed by atoms with Crippen molar-refractivity contribution in [3.8, 4) is 0 Å². The van der Waals surface area contributed by atoms with Gasteiger partial charge in [0.15, 0.2) is 0 Å². The van der Waals surface area contributed by atoms with Crippen molar-refractivity contribution in [2.75, 3.05) is 19.0 Å². The van der Waals surface area contributed by atoms with Crippen LogP contribution in [0, 0.1) is 0 Å². The average molecular weight is 204 g/mol. The van der Waals surface area contributed by atoms with Crippen LogP contribution >= 0.6 is 0 Å². The molecule has 0 atom stereocenters. The molecule has 0 saturated heterocycles. The van der Waals surface area contributed by atoms with Crippen LogP contribution in [0.2, 0.25) is 0 Å². The van der Waals surface area contributed by atoms with Gasteiger partial charge < -0.3 is 10.2 Å². The van der Waals surface area contributed by atoms with Gasteiger partial charge in [0, 0.05) is 31.4 Å². The molecule has 1 amide bonds. The number of hydrogen-bond acceptors (Lipinski definition) is 2. The number of carbonyl (C=O) groups excluding carboxylic acids is 1. The Hall–Kier alpha value is -1.51. The monoisotopic (exact) mass is 204 g/mol. The van der Waals surface area contributed by atoms with E-state index in [1.54, 1.807) is 0 Å². The number of benzene rings is 1. The molecule has 1 aromatic carbocycles. The summed E-state index contributed by atoms with van der Waals surface area (Å²) in [7, 11) is 3.97. The number of rotatable bonds is 3. The summed E-state index contributed by atoms with van der Waals surface area (Å²) < 4.78 is 0. The highest BCUT2D eigenvalue weighted by Gasteiger charge is 2.23. The fraction of sp³-hybridized carbons (Fsp3) is 0.417. The largest absolute Gasteiger partial charge is 0.378 e. The lowest BCUT2D eigenvalue weighted by Crippen LogP contribution is -2.25. The third-order valence-corrected chi connectivity index (χ3v) is 2.56. The average Bonchev–Trinajstić information content (AvgIpc) is 3.02. The lowest BCUT2D eigenvalue weighted by atomic mass is 10.2. The van der Waals surface area contributed by atoms with E-state index in [9.17, 15) is 4.79 Å². The minimum absolute atomic E-state index is 0.0443. The normalized spacial score (nSPS) is 14.8. The Morgan fingerprint density at radius 3 is 2.33 bits per heavy atom. The highest BCUT2D eigenvalue weighted by molar-refractivity contribution is 5.94. The van der Waals surface area contributed by atoms with Crippen molar-refractivity contribution < 1.29 is 4.79 Å². The van der Waals surface area contributed by atoms with Crippen LogP contribution in [0.25, 0.3) is 0 Å². The van der Waals surface area contributed by atoms with Crippen molar-refractivity contribution in [1.82, 2.24) is 5.32 Å². The molecule has 0 bridgehead atoms. The SMILES string of the molecule is CN(C)c1ccc(C(=O)NC2CC2)cc1. The molecule has 2 rings (SSSR count). The molecule has 3 heteroatoms. The lowest BCUT2D eigenvalue weighted by Gasteiger charge is -2.12. The van der Waals surface area contributed by atoms with Gasteiger partial charge in [-0.05, 0) is 37.1 Å². The fourth-order valence-electron chi connectivity index (χ4n) is 1.41. The van der Waals surface area contributed by atoms with E-state index in [1.165, 1.54) is 0 Å². The van der Waals surface area contributed by atoms with E-state index in [-0.39, 0.29) is 5.91 Å². The number of anilines is 1. The molecule has 0 aromatic heterocycles. The molecule has 3 nitrogen and oxygen atoms in total. The van der Waals surface area contributed by atoms with Gasteiger partial charge in [0.1, 0.15) is 0 Å². The summed E-state index contributed by atoms with van der Waals surface area (Å²) in [6.07, 6.45) is 2.25. The van der Waals surface area contributed by atoms with Gasteiger partial charge in [0.25, 0.3) is 5.91 Å². The molecule has 1 fully saturated rings. The Kier molecular flexibility index (Phi) is 2.62. The molecule has 1 aliphatic rings. The topological polar surface area (TPSA) is 32.3 Å². The highest BCUT2D eigenvalue weighted by atomic mass is 16.1. The first-order valence-electron chi connectivity index (χ1n) is 5.25. The number of amides is 1. The third kappa shape index (κ3) is 2.49. The van der Waals surface area contributed by atoms with Gasteiger partial charge in [0.05, 0.1) is 0 Å². The summed E-state index contributed by atoms with van der Waals surface area (Å²) in [6, 6.07) is 8.08. The lowest BCUT2D eigenvalue weighted by molar-refractivity contribution is 0.0951. The van der Waals surface area contributed by atoms with Crippen LogP contribution in [0.4, 0.5) is 5.69 Å². The summed E-state index contributed by atoms with van der Waals surface area (Å²) in [5.41, 5.74) is 1.85. The maximum absolute atomic E-state index is 11.7. The van der Waals surface area contributed by atoms with Crippen molar-refractivity contribution in [2.45, 2.75) is 18.9 Å². The van der Waals surface area contributed by atoms with E-state index in [0.717, 1.165) is 24.1 Å². The van der Waals surface area contributed by atoms with Crippen molar-refractivity contribution in [1.29, 1.82) is 0 Å². The Morgan fingerprint density at radius 2 is 1.87 bits per heavy atom. The summed E-state index contributed by atoms with van der Waals surface area (Å²) in [5, 5.41) is 2.97. The molecular formula is C12H16N2O. The van der Waals surface area contributed by atoms with Gasteiger partial charge >= 0.3 is 0 Å². The molecule has 0 heterocycles. The molecule has 1 aliphatic carbocycles. The van der Waals surface area contributed by atoms with E-state index < -0.39 is 0 Å². The Labute approximate surface area is 90.1 Å². The van der Waals surface area contributed by atoms with Crippen molar-refractivity contribution in [3.05, 3.63) is 29.8 Å². The first-order chi connectivity index (χ1) is 7.16. The number of hydrogen-bond donors (Lipinski definition) is 1. The third-order valence-electron chi connectivity index (χ3n) is 2.56. The highest BCUT2D eigenvalue weighted by Crippen LogP contribution is 2.19.